The summed E-state index contributed by atoms with van der Waals surface area (Å²) in [7, 11) is -1.42. The molecule has 1 unspecified atom stereocenters. The van der Waals surface area contributed by atoms with E-state index in [0.29, 0.717) is 0 Å². The highest BCUT2D eigenvalue weighted by Crippen LogP contribution is 2.11. The maximum atomic E-state index is 11.8. The molecule has 1 saturated heterocycles. The SMILES string of the molecule is CC(C)N(C)S(=O)(=O)CC1CCCN1. The van der Waals surface area contributed by atoms with E-state index in [0.717, 1.165) is 19.4 Å². The van der Waals surface area contributed by atoms with Crippen molar-refractivity contribution in [2.45, 2.75) is 38.8 Å². The normalized spacial score (nSPS) is 23.6. The van der Waals surface area contributed by atoms with Gasteiger partial charge in [0.05, 0.1) is 5.75 Å². The average molecular weight is 220 g/mol. The smallest absolute Gasteiger partial charge is 0.215 e. The van der Waals surface area contributed by atoms with Crippen molar-refractivity contribution in [2.75, 3.05) is 19.3 Å². The lowest BCUT2D eigenvalue weighted by Crippen LogP contribution is -2.40. The van der Waals surface area contributed by atoms with Gasteiger partial charge in [-0.2, -0.15) is 0 Å². The molecular weight excluding hydrogens is 200 g/mol. The lowest BCUT2D eigenvalue weighted by molar-refractivity contribution is 0.406. The molecule has 0 amide bonds. The van der Waals surface area contributed by atoms with Crippen LogP contribution in [0.2, 0.25) is 0 Å². The van der Waals surface area contributed by atoms with Crippen molar-refractivity contribution in [2.24, 2.45) is 0 Å². The van der Waals surface area contributed by atoms with Gasteiger partial charge in [0.2, 0.25) is 10.0 Å². The third-order valence-corrected chi connectivity index (χ3v) is 4.86. The summed E-state index contributed by atoms with van der Waals surface area (Å²) in [6, 6.07) is 0.197. The van der Waals surface area contributed by atoms with Gasteiger partial charge in [-0.1, -0.05) is 0 Å². The molecule has 0 aromatic rings. The summed E-state index contributed by atoms with van der Waals surface area (Å²) in [6.45, 7) is 4.73. The molecule has 0 aromatic carbocycles. The molecule has 0 radical (unpaired) electrons. The standard InChI is InChI=1S/C9H20N2O2S/c1-8(2)11(3)14(12,13)7-9-5-4-6-10-9/h8-10H,4-7H2,1-3H3. The summed E-state index contributed by atoms with van der Waals surface area (Å²) in [5.41, 5.74) is 0. The quantitative estimate of drug-likeness (QED) is 0.746. The zero-order chi connectivity index (χ0) is 10.8. The van der Waals surface area contributed by atoms with Gasteiger partial charge in [-0.15, -0.1) is 0 Å². The highest BCUT2D eigenvalue weighted by Gasteiger charge is 2.26. The summed E-state index contributed by atoms with van der Waals surface area (Å²) < 4.78 is 25.1. The Morgan fingerprint density at radius 2 is 2.14 bits per heavy atom. The van der Waals surface area contributed by atoms with Crippen LogP contribution in [0.25, 0.3) is 0 Å². The monoisotopic (exact) mass is 220 g/mol. The predicted molar refractivity (Wildman–Crippen MR) is 57.7 cm³/mol. The Balaban J connectivity index is 2.56. The predicted octanol–water partition coefficient (Wildman–Crippen LogP) is 0.408. The first kappa shape index (κ1) is 11.9. The van der Waals surface area contributed by atoms with Crippen molar-refractivity contribution >= 4 is 10.0 Å². The van der Waals surface area contributed by atoms with Crippen LogP contribution in [0.4, 0.5) is 0 Å². The minimum atomic E-state index is -3.07. The van der Waals surface area contributed by atoms with E-state index in [9.17, 15) is 8.42 Å². The number of rotatable bonds is 4. The van der Waals surface area contributed by atoms with E-state index in [2.05, 4.69) is 5.32 Å². The summed E-state index contributed by atoms with van der Waals surface area (Å²) in [4.78, 5) is 0. The fraction of sp³-hybridized carbons (Fsp3) is 1.00. The van der Waals surface area contributed by atoms with Crippen molar-refractivity contribution in [1.29, 1.82) is 0 Å². The van der Waals surface area contributed by atoms with Crippen molar-refractivity contribution in [3.8, 4) is 0 Å². The second kappa shape index (κ2) is 4.59. The van der Waals surface area contributed by atoms with Gasteiger partial charge < -0.3 is 5.32 Å². The lowest BCUT2D eigenvalue weighted by atomic mass is 10.3. The molecule has 0 saturated carbocycles. The van der Waals surface area contributed by atoms with Gasteiger partial charge in [0.25, 0.3) is 0 Å². The highest BCUT2D eigenvalue weighted by molar-refractivity contribution is 7.89. The van der Waals surface area contributed by atoms with Gasteiger partial charge in [-0.25, -0.2) is 12.7 Å². The topological polar surface area (TPSA) is 49.4 Å². The molecular formula is C9H20N2O2S. The van der Waals surface area contributed by atoms with Crippen LogP contribution in [-0.4, -0.2) is 44.2 Å². The third kappa shape index (κ3) is 2.93. The van der Waals surface area contributed by atoms with Crippen LogP contribution in [0.1, 0.15) is 26.7 Å². The molecule has 1 aliphatic rings. The summed E-state index contributed by atoms with van der Waals surface area (Å²) in [5.74, 6) is 0.238. The Morgan fingerprint density at radius 3 is 2.57 bits per heavy atom. The molecule has 1 fully saturated rings. The number of hydrogen-bond acceptors (Lipinski definition) is 3. The van der Waals surface area contributed by atoms with Crippen molar-refractivity contribution < 1.29 is 8.42 Å². The number of hydrogen-bond donors (Lipinski definition) is 1. The molecule has 0 aliphatic carbocycles. The van der Waals surface area contributed by atoms with Crippen LogP contribution in [0.3, 0.4) is 0 Å². The van der Waals surface area contributed by atoms with Crippen LogP contribution in [0.5, 0.6) is 0 Å². The minimum absolute atomic E-state index is 0.0430. The second-order valence-corrected chi connectivity index (χ2v) is 6.25. The molecule has 14 heavy (non-hydrogen) atoms. The number of nitrogens with one attached hydrogen (secondary N) is 1. The summed E-state index contributed by atoms with van der Waals surface area (Å²) in [5, 5.41) is 3.20. The summed E-state index contributed by atoms with van der Waals surface area (Å²) >= 11 is 0. The Morgan fingerprint density at radius 1 is 1.50 bits per heavy atom. The van der Waals surface area contributed by atoms with Gasteiger partial charge in [0.1, 0.15) is 0 Å². The van der Waals surface area contributed by atoms with Crippen molar-refractivity contribution in [3.05, 3.63) is 0 Å². The fourth-order valence-electron chi connectivity index (χ4n) is 1.59. The van der Waals surface area contributed by atoms with Crippen LogP contribution >= 0.6 is 0 Å². The first-order valence-electron chi connectivity index (χ1n) is 5.12. The van der Waals surface area contributed by atoms with E-state index in [1.807, 2.05) is 13.8 Å². The second-order valence-electron chi connectivity index (χ2n) is 4.18. The molecule has 1 heterocycles. The lowest BCUT2D eigenvalue weighted by Gasteiger charge is -2.22. The van der Waals surface area contributed by atoms with Gasteiger partial charge in [0.15, 0.2) is 0 Å². The minimum Gasteiger partial charge on any atom is -0.313 e. The van der Waals surface area contributed by atoms with Crippen molar-refractivity contribution in [3.63, 3.8) is 0 Å². The summed E-state index contributed by atoms with van der Waals surface area (Å²) in [6.07, 6.45) is 2.07. The molecule has 1 atom stereocenters. The van der Waals surface area contributed by atoms with Gasteiger partial charge in [0, 0.05) is 19.1 Å². The zero-order valence-electron chi connectivity index (χ0n) is 9.16. The Kier molecular flexibility index (Phi) is 3.92. The molecule has 1 rings (SSSR count). The molecule has 0 bridgehead atoms. The van der Waals surface area contributed by atoms with E-state index < -0.39 is 10.0 Å². The van der Waals surface area contributed by atoms with E-state index in [1.54, 1.807) is 7.05 Å². The fourth-order valence-corrected chi connectivity index (χ4v) is 3.26. The molecule has 1 N–H and O–H groups in total. The van der Waals surface area contributed by atoms with Crippen LogP contribution in [-0.2, 0) is 10.0 Å². The molecule has 5 heteroatoms. The molecule has 1 aliphatic heterocycles. The maximum Gasteiger partial charge on any atom is 0.215 e. The van der Waals surface area contributed by atoms with Crippen LogP contribution in [0.15, 0.2) is 0 Å². The highest BCUT2D eigenvalue weighted by atomic mass is 32.2. The van der Waals surface area contributed by atoms with E-state index in [1.165, 1.54) is 4.31 Å². The largest absolute Gasteiger partial charge is 0.313 e. The maximum absolute atomic E-state index is 11.8. The first-order valence-corrected chi connectivity index (χ1v) is 6.73. The molecule has 4 nitrogen and oxygen atoms in total. The molecule has 84 valence electrons. The number of sulfonamides is 1. The number of nitrogens with zero attached hydrogens (tertiary/aromatic N) is 1. The average Bonchev–Trinajstić information content (AvgIpc) is 2.54. The van der Waals surface area contributed by atoms with Gasteiger partial charge in [-0.05, 0) is 33.2 Å². The Labute approximate surface area is 86.7 Å². The zero-order valence-corrected chi connectivity index (χ0v) is 9.97. The Bertz CT molecular complexity index is 269. The van der Waals surface area contributed by atoms with Crippen molar-refractivity contribution in [1.82, 2.24) is 9.62 Å². The third-order valence-electron chi connectivity index (χ3n) is 2.74. The van der Waals surface area contributed by atoms with Gasteiger partial charge >= 0.3 is 0 Å². The first-order chi connectivity index (χ1) is 6.43. The van der Waals surface area contributed by atoms with E-state index >= 15 is 0 Å². The van der Waals surface area contributed by atoms with E-state index in [-0.39, 0.29) is 17.8 Å². The van der Waals surface area contributed by atoms with Gasteiger partial charge in [-0.3, -0.25) is 0 Å². The van der Waals surface area contributed by atoms with Crippen LogP contribution < -0.4 is 5.32 Å². The van der Waals surface area contributed by atoms with Crippen LogP contribution in [0, 0.1) is 0 Å². The Hall–Kier alpha value is -0.130. The molecule has 0 spiro atoms. The van der Waals surface area contributed by atoms with E-state index in [4.69, 9.17) is 0 Å². The molecule has 0 aromatic heterocycles.